The highest BCUT2D eigenvalue weighted by Crippen LogP contribution is 2.27. The van der Waals surface area contributed by atoms with Gasteiger partial charge in [0.1, 0.15) is 0 Å². The van der Waals surface area contributed by atoms with Crippen LogP contribution in [0, 0.1) is 5.92 Å². The van der Waals surface area contributed by atoms with E-state index in [0.29, 0.717) is 0 Å². The first-order chi connectivity index (χ1) is 8.65. The molecule has 98 valence electrons. The fraction of sp³-hybridized carbons (Fsp3) is 0.500. The summed E-state index contributed by atoms with van der Waals surface area (Å²) in [5.41, 5.74) is 7.59. The number of nitrogen functional groups attached to an aromatic ring is 1. The van der Waals surface area contributed by atoms with Gasteiger partial charge in [0.15, 0.2) is 5.13 Å². The normalized spacial score (nSPS) is 11.3. The van der Waals surface area contributed by atoms with Crippen LogP contribution >= 0.6 is 11.3 Å². The average molecular weight is 263 g/mol. The van der Waals surface area contributed by atoms with Gasteiger partial charge in [-0.3, -0.25) is 0 Å². The molecule has 0 bridgehead atoms. The first-order valence-corrected chi connectivity index (χ1v) is 7.37. The van der Waals surface area contributed by atoms with Crippen molar-refractivity contribution in [1.82, 2.24) is 4.98 Å². The summed E-state index contributed by atoms with van der Waals surface area (Å²) in [6.07, 6.45) is 3.79. The summed E-state index contributed by atoms with van der Waals surface area (Å²) in [5.74, 6) is 0.801. The topological polar surface area (TPSA) is 50.9 Å². The molecule has 2 rings (SSSR count). The van der Waals surface area contributed by atoms with E-state index < -0.39 is 0 Å². The summed E-state index contributed by atoms with van der Waals surface area (Å²) < 4.78 is 1.15. The Morgan fingerprint density at radius 3 is 2.94 bits per heavy atom. The Morgan fingerprint density at radius 1 is 1.33 bits per heavy atom. The predicted molar refractivity (Wildman–Crippen MR) is 81.2 cm³/mol. The molecule has 0 fully saturated rings. The van der Waals surface area contributed by atoms with Crippen LogP contribution < -0.4 is 11.1 Å². The molecule has 4 heteroatoms. The zero-order valence-electron chi connectivity index (χ0n) is 11.1. The number of rotatable bonds is 6. The van der Waals surface area contributed by atoms with Crippen LogP contribution in [0.25, 0.3) is 10.2 Å². The average Bonchev–Trinajstić information content (AvgIpc) is 2.70. The Hall–Kier alpha value is -1.29. The summed E-state index contributed by atoms with van der Waals surface area (Å²) in [6, 6.07) is 5.86. The number of aromatic nitrogens is 1. The number of benzene rings is 1. The van der Waals surface area contributed by atoms with Crippen molar-refractivity contribution in [2.24, 2.45) is 5.92 Å². The van der Waals surface area contributed by atoms with Crippen LogP contribution in [0.1, 0.15) is 33.1 Å². The Morgan fingerprint density at radius 2 is 2.17 bits per heavy atom. The molecule has 0 aliphatic heterocycles. The van der Waals surface area contributed by atoms with Gasteiger partial charge < -0.3 is 11.1 Å². The predicted octanol–water partition coefficient (Wildman–Crippen LogP) is 4.12. The third-order valence-electron chi connectivity index (χ3n) is 2.90. The highest BCUT2D eigenvalue weighted by atomic mass is 32.1. The molecule has 0 amide bonds. The van der Waals surface area contributed by atoms with Gasteiger partial charge in [-0.15, -0.1) is 0 Å². The molecule has 3 nitrogen and oxygen atoms in total. The van der Waals surface area contributed by atoms with Crippen LogP contribution in [0.2, 0.25) is 0 Å². The lowest BCUT2D eigenvalue weighted by Gasteiger charge is -2.04. The lowest BCUT2D eigenvalue weighted by molar-refractivity contribution is 0.545. The monoisotopic (exact) mass is 263 g/mol. The molecule has 0 saturated heterocycles. The lowest BCUT2D eigenvalue weighted by atomic mass is 10.1. The smallest absolute Gasteiger partial charge is 0.183 e. The molecule has 3 N–H and O–H groups in total. The highest BCUT2D eigenvalue weighted by Gasteiger charge is 2.03. The number of fused-ring (bicyclic) bond motifs is 1. The van der Waals surface area contributed by atoms with E-state index in [4.69, 9.17) is 5.73 Å². The minimum atomic E-state index is 0.801. The van der Waals surface area contributed by atoms with Crippen molar-refractivity contribution in [3.05, 3.63) is 18.2 Å². The fourth-order valence-corrected chi connectivity index (χ4v) is 2.83. The summed E-state index contributed by atoms with van der Waals surface area (Å²) in [4.78, 5) is 4.54. The first-order valence-electron chi connectivity index (χ1n) is 6.55. The molecule has 0 aliphatic carbocycles. The molecule has 1 aromatic heterocycles. The van der Waals surface area contributed by atoms with Crippen LogP contribution in [0.5, 0.6) is 0 Å². The van der Waals surface area contributed by atoms with Crippen molar-refractivity contribution in [2.45, 2.75) is 33.1 Å². The Labute approximate surface area is 112 Å². The number of unbranched alkanes of at least 4 members (excludes halogenated alkanes) is 1. The molecule has 1 aromatic carbocycles. The molecule has 2 aromatic rings. The first kappa shape index (κ1) is 13.1. The molecule has 0 spiro atoms. The molecular weight excluding hydrogens is 242 g/mol. The molecule has 0 aliphatic rings. The maximum atomic E-state index is 5.76. The molecule has 0 saturated carbocycles. The van der Waals surface area contributed by atoms with Crippen molar-refractivity contribution in [3.8, 4) is 0 Å². The van der Waals surface area contributed by atoms with Gasteiger partial charge in [0, 0.05) is 12.2 Å². The maximum Gasteiger partial charge on any atom is 0.183 e. The van der Waals surface area contributed by atoms with Gasteiger partial charge in [0.2, 0.25) is 0 Å². The van der Waals surface area contributed by atoms with Crippen LogP contribution in [-0.4, -0.2) is 11.5 Å². The van der Waals surface area contributed by atoms with Gasteiger partial charge in [0.25, 0.3) is 0 Å². The van der Waals surface area contributed by atoms with Crippen LogP contribution in [0.3, 0.4) is 0 Å². The minimum absolute atomic E-state index is 0.801. The quantitative estimate of drug-likeness (QED) is 0.609. The fourth-order valence-electron chi connectivity index (χ4n) is 1.89. The van der Waals surface area contributed by atoms with Crippen LogP contribution in [0.4, 0.5) is 10.8 Å². The van der Waals surface area contributed by atoms with Gasteiger partial charge >= 0.3 is 0 Å². The van der Waals surface area contributed by atoms with E-state index in [1.165, 1.54) is 19.3 Å². The third-order valence-corrected chi connectivity index (χ3v) is 3.87. The van der Waals surface area contributed by atoms with Gasteiger partial charge in [-0.25, -0.2) is 4.98 Å². The second-order valence-electron chi connectivity index (χ2n) is 5.06. The zero-order chi connectivity index (χ0) is 13.0. The number of nitrogens with zero attached hydrogens (tertiary/aromatic N) is 1. The number of hydrogen-bond acceptors (Lipinski definition) is 4. The van der Waals surface area contributed by atoms with E-state index in [9.17, 15) is 0 Å². The largest absolute Gasteiger partial charge is 0.399 e. The van der Waals surface area contributed by atoms with Crippen molar-refractivity contribution >= 4 is 32.4 Å². The summed E-state index contributed by atoms with van der Waals surface area (Å²) in [5, 5.41) is 4.39. The standard InChI is InChI=1S/C14H21N3S/c1-10(2)5-3-4-8-16-14-17-12-7-6-11(15)9-13(12)18-14/h6-7,9-10H,3-5,8,15H2,1-2H3,(H,16,17). The van der Waals surface area contributed by atoms with E-state index in [2.05, 4.69) is 24.1 Å². The van der Waals surface area contributed by atoms with Crippen LogP contribution in [0.15, 0.2) is 18.2 Å². The van der Waals surface area contributed by atoms with Gasteiger partial charge in [-0.05, 0) is 30.5 Å². The Balaban J connectivity index is 1.84. The summed E-state index contributed by atoms with van der Waals surface area (Å²) in [6.45, 7) is 5.54. The van der Waals surface area contributed by atoms with Crippen molar-refractivity contribution in [1.29, 1.82) is 0 Å². The molecule has 18 heavy (non-hydrogen) atoms. The van der Waals surface area contributed by atoms with E-state index >= 15 is 0 Å². The minimum Gasteiger partial charge on any atom is -0.399 e. The zero-order valence-corrected chi connectivity index (χ0v) is 11.9. The second-order valence-corrected chi connectivity index (χ2v) is 6.09. The summed E-state index contributed by atoms with van der Waals surface area (Å²) >= 11 is 1.67. The maximum absolute atomic E-state index is 5.76. The van der Waals surface area contributed by atoms with Crippen LogP contribution in [-0.2, 0) is 0 Å². The molecule has 1 heterocycles. The van der Waals surface area contributed by atoms with Gasteiger partial charge in [-0.1, -0.05) is 38.0 Å². The van der Waals surface area contributed by atoms with Crippen molar-refractivity contribution in [2.75, 3.05) is 17.6 Å². The number of nitrogens with two attached hydrogens (primary N) is 1. The SMILES string of the molecule is CC(C)CCCCNc1nc2ccc(N)cc2s1. The van der Waals surface area contributed by atoms with E-state index in [1.807, 2.05) is 18.2 Å². The summed E-state index contributed by atoms with van der Waals surface area (Å²) in [7, 11) is 0. The number of thiazole rings is 1. The third kappa shape index (κ3) is 3.60. The van der Waals surface area contributed by atoms with Crippen molar-refractivity contribution in [3.63, 3.8) is 0 Å². The lowest BCUT2D eigenvalue weighted by Crippen LogP contribution is -2.01. The van der Waals surface area contributed by atoms with Gasteiger partial charge in [-0.2, -0.15) is 0 Å². The number of hydrogen-bond donors (Lipinski definition) is 2. The number of anilines is 2. The van der Waals surface area contributed by atoms with Crippen molar-refractivity contribution < 1.29 is 0 Å². The molecular formula is C14H21N3S. The molecule has 0 atom stereocenters. The highest BCUT2D eigenvalue weighted by molar-refractivity contribution is 7.22. The second kappa shape index (κ2) is 6.05. The molecule has 0 unspecified atom stereocenters. The number of nitrogens with one attached hydrogen (secondary N) is 1. The van der Waals surface area contributed by atoms with E-state index in [0.717, 1.165) is 33.5 Å². The van der Waals surface area contributed by atoms with E-state index in [-0.39, 0.29) is 0 Å². The Bertz CT molecular complexity index is 505. The molecule has 0 radical (unpaired) electrons. The van der Waals surface area contributed by atoms with E-state index in [1.54, 1.807) is 11.3 Å². The van der Waals surface area contributed by atoms with Gasteiger partial charge in [0.05, 0.1) is 10.2 Å². The Kier molecular flexibility index (Phi) is 4.42.